The third-order valence-electron chi connectivity index (χ3n) is 3.16. The standard InChI is InChI=1S/C11H16F4N2O3/c1-6(12)2-3-16-10(20)17-4-7(9(18)19)8(5-17)11(13,14)15/h6-8H,2-5H2,1H3,(H,16,20)(H,18,19)/t6?,7-,8-/m1/s1. The highest BCUT2D eigenvalue weighted by Crippen LogP contribution is 2.37. The Hall–Kier alpha value is -1.54. The molecule has 1 rings (SSSR count). The summed E-state index contributed by atoms with van der Waals surface area (Å²) in [5, 5.41) is 11.1. The van der Waals surface area contributed by atoms with Crippen molar-refractivity contribution in [3.8, 4) is 0 Å². The lowest BCUT2D eigenvalue weighted by atomic mass is 9.96. The quantitative estimate of drug-likeness (QED) is 0.775. The number of nitrogens with one attached hydrogen (secondary N) is 1. The van der Waals surface area contributed by atoms with Crippen LogP contribution >= 0.6 is 0 Å². The van der Waals surface area contributed by atoms with Crippen LogP contribution in [0.1, 0.15) is 13.3 Å². The number of hydrogen-bond acceptors (Lipinski definition) is 2. The number of carboxylic acid groups (broad SMARTS) is 1. The van der Waals surface area contributed by atoms with E-state index in [0.29, 0.717) is 0 Å². The highest BCUT2D eigenvalue weighted by atomic mass is 19.4. The van der Waals surface area contributed by atoms with Crippen molar-refractivity contribution in [2.45, 2.75) is 25.7 Å². The van der Waals surface area contributed by atoms with E-state index in [0.717, 1.165) is 4.90 Å². The van der Waals surface area contributed by atoms with Gasteiger partial charge in [-0.15, -0.1) is 0 Å². The number of alkyl halides is 4. The molecule has 0 bridgehead atoms. The van der Waals surface area contributed by atoms with Gasteiger partial charge in [0.1, 0.15) is 0 Å². The lowest BCUT2D eigenvalue weighted by Gasteiger charge is -2.18. The monoisotopic (exact) mass is 300 g/mol. The van der Waals surface area contributed by atoms with Crippen LogP contribution in [-0.4, -0.2) is 54.0 Å². The first-order valence-corrected chi connectivity index (χ1v) is 6.09. The molecule has 1 aliphatic rings. The van der Waals surface area contributed by atoms with Crippen molar-refractivity contribution in [2.75, 3.05) is 19.6 Å². The summed E-state index contributed by atoms with van der Waals surface area (Å²) in [5.74, 6) is -5.33. The fourth-order valence-electron chi connectivity index (χ4n) is 2.04. The van der Waals surface area contributed by atoms with Gasteiger partial charge in [-0.2, -0.15) is 13.2 Å². The van der Waals surface area contributed by atoms with Gasteiger partial charge >= 0.3 is 18.2 Å². The molecule has 9 heteroatoms. The first-order valence-electron chi connectivity index (χ1n) is 6.09. The van der Waals surface area contributed by atoms with E-state index in [1.807, 2.05) is 0 Å². The molecule has 3 atom stereocenters. The molecule has 0 aliphatic carbocycles. The Kier molecular flexibility index (Phi) is 5.18. The van der Waals surface area contributed by atoms with Crippen molar-refractivity contribution in [2.24, 2.45) is 11.8 Å². The van der Waals surface area contributed by atoms with E-state index in [1.54, 1.807) is 0 Å². The summed E-state index contributed by atoms with van der Waals surface area (Å²) in [6.45, 7) is 0.0809. The number of amides is 2. The molecule has 1 unspecified atom stereocenters. The summed E-state index contributed by atoms with van der Waals surface area (Å²) in [7, 11) is 0. The minimum absolute atomic E-state index is 0.0125. The van der Waals surface area contributed by atoms with Gasteiger partial charge < -0.3 is 15.3 Å². The smallest absolute Gasteiger partial charge is 0.394 e. The zero-order chi connectivity index (χ0) is 15.5. The summed E-state index contributed by atoms with van der Waals surface area (Å²) in [5.41, 5.74) is 0. The van der Waals surface area contributed by atoms with Crippen molar-refractivity contribution in [1.29, 1.82) is 0 Å². The van der Waals surface area contributed by atoms with Gasteiger partial charge in [0.25, 0.3) is 0 Å². The molecule has 0 aromatic rings. The van der Waals surface area contributed by atoms with Gasteiger partial charge in [-0.25, -0.2) is 9.18 Å². The van der Waals surface area contributed by atoms with Crippen LogP contribution < -0.4 is 5.32 Å². The molecule has 116 valence electrons. The topological polar surface area (TPSA) is 69.6 Å². The Labute approximate surface area is 112 Å². The number of halogens is 4. The zero-order valence-corrected chi connectivity index (χ0v) is 10.8. The van der Waals surface area contributed by atoms with E-state index >= 15 is 0 Å². The molecule has 2 N–H and O–H groups in total. The fraction of sp³-hybridized carbons (Fsp3) is 0.818. The first kappa shape index (κ1) is 16.5. The number of rotatable bonds is 4. The molecule has 1 saturated heterocycles. The van der Waals surface area contributed by atoms with Crippen LogP contribution in [-0.2, 0) is 4.79 Å². The van der Waals surface area contributed by atoms with Gasteiger partial charge in [0.2, 0.25) is 0 Å². The average Bonchev–Trinajstić information content (AvgIpc) is 2.72. The van der Waals surface area contributed by atoms with Crippen LogP contribution in [0.4, 0.5) is 22.4 Å². The summed E-state index contributed by atoms with van der Waals surface area (Å²) < 4.78 is 50.6. The van der Waals surface area contributed by atoms with Crippen molar-refractivity contribution in [3.05, 3.63) is 0 Å². The molecule has 0 spiro atoms. The van der Waals surface area contributed by atoms with E-state index in [9.17, 15) is 27.2 Å². The molecule has 1 fully saturated rings. The van der Waals surface area contributed by atoms with Crippen molar-refractivity contribution >= 4 is 12.0 Å². The Morgan fingerprint density at radius 3 is 2.40 bits per heavy atom. The highest BCUT2D eigenvalue weighted by molar-refractivity contribution is 5.77. The Balaban J connectivity index is 2.61. The largest absolute Gasteiger partial charge is 0.481 e. The fourth-order valence-corrected chi connectivity index (χ4v) is 2.04. The van der Waals surface area contributed by atoms with E-state index in [4.69, 9.17) is 5.11 Å². The van der Waals surface area contributed by atoms with E-state index in [1.165, 1.54) is 6.92 Å². The molecular formula is C11H16F4N2O3. The number of nitrogens with zero attached hydrogens (tertiary/aromatic N) is 1. The Bertz CT molecular complexity index is 373. The van der Waals surface area contributed by atoms with Crippen LogP contribution in [0.5, 0.6) is 0 Å². The molecule has 0 radical (unpaired) electrons. The maximum absolute atomic E-state index is 12.7. The summed E-state index contributed by atoms with van der Waals surface area (Å²) >= 11 is 0. The average molecular weight is 300 g/mol. The van der Waals surface area contributed by atoms with Crippen LogP contribution in [0.3, 0.4) is 0 Å². The number of urea groups is 1. The van der Waals surface area contributed by atoms with Crippen LogP contribution in [0.15, 0.2) is 0 Å². The number of hydrogen-bond donors (Lipinski definition) is 2. The molecule has 5 nitrogen and oxygen atoms in total. The lowest BCUT2D eigenvalue weighted by Crippen LogP contribution is -2.40. The van der Waals surface area contributed by atoms with Crippen molar-refractivity contribution in [3.63, 3.8) is 0 Å². The Morgan fingerprint density at radius 1 is 1.40 bits per heavy atom. The number of carbonyl (C=O) groups is 2. The summed E-state index contributed by atoms with van der Waals surface area (Å²) in [6.07, 6.45) is -5.76. The summed E-state index contributed by atoms with van der Waals surface area (Å²) in [4.78, 5) is 23.2. The van der Waals surface area contributed by atoms with Gasteiger partial charge in [0.05, 0.1) is 18.0 Å². The number of carboxylic acids is 1. The Morgan fingerprint density at radius 2 is 2.00 bits per heavy atom. The second-order valence-electron chi connectivity index (χ2n) is 4.80. The highest BCUT2D eigenvalue weighted by Gasteiger charge is 2.53. The SMILES string of the molecule is CC(F)CCNC(=O)N1C[C@@H](C(F)(F)F)[C@H](C(=O)O)C1. The number of carbonyl (C=O) groups excluding carboxylic acids is 1. The van der Waals surface area contributed by atoms with Gasteiger partial charge in [-0.05, 0) is 13.3 Å². The van der Waals surface area contributed by atoms with Crippen molar-refractivity contribution in [1.82, 2.24) is 10.2 Å². The minimum atomic E-state index is -4.68. The van der Waals surface area contributed by atoms with Crippen LogP contribution in [0.2, 0.25) is 0 Å². The first-order chi connectivity index (χ1) is 9.12. The minimum Gasteiger partial charge on any atom is -0.481 e. The van der Waals surface area contributed by atoms with E-state index in [2.05, 4.69) is 5.32 Å². The third-order valence-corrected chi connectivity index (χ3v) is 3.16. The molecule has 1 aliphatic heterocycles. The second-order valence-corrected chi connectivity index (χ2v) is 4.80. The number of likely N-dealkylation sites (tertiary alicyclic amines) is 1. The third kappa shape index (κ3) is 4.24. The lowest BCUT2D eigenvalue weighted by molar-refractivity contribution is -0.187. The zero-order valence-electron chi connectivity index (χ0n) is 10.8. The van der Waals surface area contributed by atoms with Gasteiger partial charge in [-0.1, -0.05) is 0 Å². The molecule has 2 amide bonds. The van der Waals surface area contributed by atoms with Crippen LogP contribution in [0.25, 0.3) is 0 Å². The van der Waals surface area contributed by atoms with Crippen molar-refractivity contribution < 1.29 is 32.3 Å². The predicted octanol–water partition coefficient (Wildman–Crippen LogP) is 1.64. The molecule has 0 saturated carbocycles. The molecule has 0 aromatic heterocycles. The van der Waals surface area contributed by atoms with Crippen LogP contribution in [0, 0.1) is 11.8 Å². The van der Waals surface area contributed by atoms with E-state index < -0.39 is 49.3 Å². The molecule has 0 aromatic carbocycles. The van der Waals surface area contributed by atoms with Gasteiger partial charge in [0, 0.05) is 19.6 Å². The summed E-state index contributed by atoms with van der Waals surface area (Å²) in [6, 6.07) is -0.802. The predicted molar refractivity (Wildman–Crippen MR) is 60.8 cm³/mol. The molecule has 1 heterocycles. The second kappa shape index (κ2) is 6.27. The number of aliphatic carboxylic acids is 1. The van der Waals surface area contributed by atoms with Gasteiger partial charge in [0.15, 0.2) is 0 Å². The normalized spacial score (nSPS) is 24.6. The van der Waals surface area contributed by atoms with Gasteiger partial charge in [-0.3, -0.25) is 4.79 Å². The maximum Gasteiger partial charge on any atom is 0.394 e. The maximum atomic E-state index is 12.7. The molecule has 20 heavy (non-hydrogen) atoms. The molecular weight excluding hydrogens is 284 g/mol. The van der Waals surface area contributed by atoms with E-state index in [-0.39, 0.29) is 13.0 Å².